The van der Waals surface area contributed by atoms with Gasteiger partial charge in [0.05, 0.1) is 5.69 Å². The summed E-state index contributed by atoms with van der Waals surface area (Å²) in [5.41, 5.74) is 0.699. The molecule has 122 valence electrons. The molecule has 2 heterocycles. The highest BCUT2D eigenvalue weighted by Crippen LogP contribution is 2.66. The van der Waals surface area contributed by atoms with E-state index >= 15 is 0 Å². The minimum Gasteiger partial charge on any atom is -0.298 e. The van der Waals surface area contributed by atoms with Crippen LogP contribution in [-0.4, -0.2) is 25.4 Å². The summed E-state index contributed by atoms with van der Waals surface area (Å²) >= 11 is 5.96. The molecule has 23 heavy (non-hydrogen) atoms. The molecule has 2 aromatic rings. The Hall–Kier alpha value is -1.63. The van der Waals surface area contributed by atoms with Crippen LogP contribution in [-0.2, 0) is 7.05 Å². The molecular formula is C15H15ClF2N4O. The normalized spacial score (nSPS) is 22.1. The van der Waals surface area contributed by atoms with Crippen molar-refractivity contribution in [1.29, 1.82) is 0 Å². The molecule has 1 spiro atoms. The van der Waals surface area contributed by atoms with Gasteiger partial charge in [0.1, 0.15) is 11.3 Å². The third kappa shape index (κ3) is 2.16. The highest BCUT2D eigenvalue weighted by Gasteiger charge is 2.62. The van der Waals surface area contributed by atoms with Crippen LogP contribution in [0.4, 0.5) is 8.78 Å². The molecule has 0 radical (unpaired) electrons. The molecule has 2 aromatic heterocycles. The molecule has 8 heteroatoms. The Kier molecular flexibility index (Phi) is 2.90. The van der Waals surface area contributed by atoms with E-state index in [0.29, 0.717) is 29.9 Å². The largest absolute Gasteiger partial charge is 0.298 e. The van der Waals surface area contributed by atoms with Crippen LogP contribution in [0.1, 0.15) is 43.1 Å². The van der Waals surface area contributed by atoms with E-state index in [1.54, 1.807) is 14.0 Å². The van der Waals surface area contributed by atoms with E-state index < -0.39 is 5.92 Å². The SMILES string of the molecule is Cc1nc2c(C3CC4(C3)CC(F)(F)C4)nc(Cl)nc2c(=O)n1C. The lowest BCUT2D eigenvalue weighted by molar-refractivity contribution is -0.196. The predicted molar refractivity (Wildman–Crippen MR) is 80.9 cm³/mol. The number of hydrogen-bond donors (Lipinski definition) is 0. The first kappa shape index (κ1) is 14.9. The average molecular weight is 341 g/mol. The van der Waals surface area contributed by atoms with Crippen LogP contribution in [0.5, 0.6) is 0 Å². The summed E-state index contributed by atoms with van der Waals surface area (Å²) < 4.78 is 27.7. The standard InChI is InChI=1S/C15H15ClF2N4O/c1-7-19-10-9(8-3-14(4-8)5-15(17,18)6-14)20-13(16)21-11(10)12(23)22(7)2/h8H,3-6H2,1-2H3. The molecule has 0 aromatic carbocycles. The van der Waals surface area contributed by atoms with Gasteiger partial charge in [0.25, 0.3) is 5.56 Å². The maximum atomic E-state index is 13.1. The lowest BCUT2D eigenvalue weighted by Crippen LogP contribution is -2.53. The number of aromatic nitrogens is 4. The summed E-state index contributed by atoms with van der Waals surface area (Å²) in [5, 5.41) is -0.00450. The Morgan fingerprint density at radius 2 is 1.83 bits per heavy atom. The van der Waals surface area contributed by atoms with Crippen molar-refractivity contribution in [3.63, 3.8) is 0 Å². The van der Waals surface area contributed by atoms with Crippen molar-refractivity contribution >= 4 is 22.6 Å². The van der Waals surface area contributed by atoms with Gasteiger partial charge in [0.15, 0.2) is 5.52 Å². The van der Waals surface area contributed by atoms with Gasteiger partial charge in [-0.25, -0.2) is 23.7 Å². The van der Waals surface area contributed by atoms with Crippen LogP contribution >= 0.6 is 11.6 Å². The van der Waals surface area contributed by atoms with Crippen LogP contribution in [0.15, 0.2) is 4.79 Å². The number of alkyl halides is 2. The first-order valence-electron chi connectivity index (χ1n) is 7.48. The third-order valence-electron chi connectivity index (χ3n) is 5.16. The van der Waals surface area contributed by atoms with Crippen LogP contribution in [0.3, 0.4) is 0 Å². The van der Waals surface area contributed by atoms with Crippen LogP contribution in [0.2, 0.25) is 5.28 Å². The van der Waals surface area contributed by atoms with Crippen molar-refractivity contribution in [2.45, 2.75) is 44.4 Å². The van der Waals surface area contributed by atoms with Crippen molar-refractivity contribution < 1.29 is 8.78 Å². The molecule has 0 bridgehead atoms. The third-order valence-corrected chi connectivity index (χ3v) is 5.33. The van der Waals surface area contributed by atoms with Crippen LogP contribution in [0, 0.1) is 12.3 Å². The smallest absolute Gasteiger partial charge is 0.279 e. The fraction of sp³-hybridized carbons (Fsp3) is 0.600. The first-order valence-corrected chi connectivity index (χ1v) is 7.86. The van der Waals surface area contributed by atoms with E-state index in [0.717, 1.165) is 0 Å². The van der Waals surface area contributed by atoms with E-state index in [4.69, 9.17) is 11.6 Å². The number of rotatable bonds is 1. The van der Waals surface area contributed by atoms with Gasteiger partial charge in [0, 0.05) is 25.8 Å². The molecule has 2 aliphatic rings. The summed E-state index contributed by atoms with van der Waals surface area (Å²) in [7, 11) is 1.62. The summed E-state index contributed by atoms with van der Waals surface area (Å²) in [6, 6.07) is 0. The zero-order chi connectivity index (χ0) is 16.6. The second-order valence-electron chi connectivity index (χ2n) is 6.91. The van der Waals surface area contributed by atoms with Gasteiger partial charge in [0.2, 0.25) is 11.2 Å². The van der Waals surface area contributed by atoms with Crippen LogP contribution < -0.4 is 5.56 Å². The molecule has 0 amide bonds. The topological polar surface area (TPSA) is 60.7 Å². The minimum atomic E-state index is -2.53. The van der Waals surface area contributed by atoms with Gasteiger partial charge < -0.3 is 0 Å². The Morgan fingerprint density at radius 1 is 1.17 bits per heavy atom. The molecular weight excluding hydrogens is 326 g/mol. The number of aryl methyl sites for hydroxylation is 1. The van der Waals surface area contributed by atoms with Gasteiger partial charge in [-0.05, 0) is 36.8 Å². The van der Waals surface area contributed by atoms with E-state index in [-0.39, 0.29) is 40.5 Å². The second-order valence-corrected chi connectivity index (χ2v) is 7.25. The monoisotopic (exact) mass is 340 g/mol. The van der Waals surface area contributed by atoms with Gasteiger partial charge in [-0.3, -0.25) is 9.36 Å². The van der Waals surface area contributed by atoms with Crippen molar-refractivity contribution in [3.05, 3.63) is 27.2 Å². The van der Waals surface area contributed by atoms with E-state index in [1.165, 1.54) is 4.57 Å². The molecule has 0 unspecified atom stereocenters. The van der Waals surface area contributed by atoms with E-state index in [1.807, 2.05) is 0 Å². The van der Waals surface area contributed by atoms with Gasteiger partial charge in [-0.2, -0.15) is 0 Å². The molecule has 2 fully saturated rings. The van der Waals surface area contributed by atoms with Crippen LogP contribution in [0.25, 0.3) is 11.0 Å². The maximum Gasteiger partial charge on any atom is 0.279 e. The zero-order valence-electron chi connectivity index (χ0n) is 12.7. The average Bonchev–Trinajstić information content (AvgIpc) is 2.40. The molecule has 0 aliphatic heterocycles. The number of fused-ring (bicyclic) bond motifs is 1. The van der Waals surface area contributed by atoms with Gasteiger partial charge in [-0.1, -0.05) is 0 Å². The molecule has 0 atom stereocenters. The molecule has 2 saturated carbocycles. The van der Waals surface area contributed by atoms with Crippen molar-refractivity contribution in [3.8, 4) is 0 Å². The summed E-state index contributed by atoms with van der Waals surface area (Å²) in [6.45, 7) is 1.73. The predicted octanol–water partition coefficient (Wildman–Crippen LogP) is 2.98. The molecule has 2 aliphatic carbocycles. The lowest BCUT2D eigenvalue weighted by atomic mass is 9.49. The highest BCUT2D eigenvalue weighted by atomic mass is 35.5. The Labute approximate surface area is 135 Å². The van der Waals surface area contributed by atoms with Gasteiger partial charge in [-0.15, -0.1) is 0 Å². The summed E-state index contributed by atoms with van der Waals surface area (Å²) in [6.07, 6.45) is 1.17. The quantitative estimate of drug-likeness (QED) is 0.749. The van der Waals surface area contributed by atoms with E-state index in [2.05, 4.69) is 15.0 Å². The Balaban J connectivity index is 1.76. The Bertz CT molecular complexity index is 879. The van der Waals surface area contributed by atoms with Crippen molar-refractivity contribution in [2.24, 2.45) is 12.5 Å². The molecule has 4 rings (SSSR count). The number of hydrogen-bond acceptors (Lipinski definition) is 4. The fourth-order valence-corrected chi connectivity index (χ4v) is 4.22. The highest BCUT2D eigenvalue weighted by molar-refractivity contribution is 6.28. The lowest BCUT2D eigenvalue weighted by Gasteiger charge is -2.57. The van der Waals surface area contributed by atoms with Crippen molar-refractivity contribution in [1.82, 2.24) is 19.5 Å². The fourth-order valence-electron chi connectivity index (χ4n) is 4.04. The minimum absolute atomic E-state index is 0.00450. The van der Waals surface area contributed by atoms with Crippen molar-refractivity contribution in [2.75, 3.05) is 0 Å². The molecule has 0 saturated heterocycles. The maximum absolute atomic E-state index is 13.1. The van der Waals surface area contributed by atoms with E-state index in [9.17, 15) is 13.6 Å². The summed E-state index contributed by atoms with van der Waals surface area (Å²) in [5.74, 6) is -1.96. The second kappa shape index (κ2) is 4.47. The summed E-state index contributed by atoms with van der Waals surface area (Å²) in [4.78, 5) is 25.0. The number of halogens is 3. The first-order chi connectivity index (χ1) is 10.7. The zero-order valence-corrected chi connectivity index (χ0v) is 13.5. The Morgan fingerprint density at radius 3 is 2.43 bits per heavy atom. The molecule has 0 N–H and O–H groups in total. The molecule has 5 nitrogen and oxygen atoms in total. The number of nitrogens with zero attached hydrogens (tertiary/aromatic N) is 4. The van der Waals surface area contributed by atoms with Gasteiger partial charge >= 0.3 is 0 Å².